The van der Waals surface area contributed by atoms with E-state index >= 15 is 0 Å². The van der Waals surface area contributed by atoms with Gasteiger partial charge in [0, 0.05) is 14.1 Å². The van der Waals surface area contributed by atoms with Crippen LogP contribution in [0.4, 0.5) is 4.39 Å². The molecule has 0 aliphatic carbocycles. The van der Waals surface area contributed by atoms with Gasteiger partial charge in [-0.1, -0.05) is 48.0 Å². The normalized spacial score (nSPS) is 14.4. The van der Waals surface area contributed by atoms with E-state index in [1.807, 2.05) is 60.9 Å². The number of fused-ring (bicyclic) bond motifs is 5. The lowest BCUT2D eigenvalue weighted by molar-refractivity contribution is 0.229. The summed E-state index contributed by atoms with van der Waals surface area (Å²) in [5.74, 6) is 0.283. The lowest BCUT2D eigenvalue weighted by atomic mass is 10.0. The molecule has 0 fully saturated rings. The molecule has 0 spiro atoms. The summed E-state index contributed by atoms with van der Waals surface area (Å²) < 4.78 is 25.0. The number of aryl methyl sites for hydroxylation is 3. The first kappa shape index (κ1) is 22.1. The van der Waals surface area contributed by atoms with Crippen LogP contribution in [0.25, 0.3) is 27.8 Å². The molecule has 0 amide bonds. The van der Waals surface area contributed by atoms with Gasteiger partial charge in [0.2, 0.25) is 0 Å². The third-order valence-corrected chi connectivity index (χ3v) is 6.95. The van der Waals surface area contributed by atoms with Crippen molar-refractivity contribution < 1.29 is 9.13 Å². The molecule has 1 atom stereocenters. The highest BCUT2D eigenvalue weighted by atomic mass is 19.1. The maximum absolute atomic E-state index is 13.8. The number of nitrogens with zero attached hydrogens (tertiary/aromatic N) is 3. The second-order valence-corrected chi connectivity index (χ2v) is 9.39. The van der Waals surface area contributed by atoms with E-state index in [1.165, 1.54) is 23.7 Å². The van der Waals surface area contributed by atoms with Gasteiger partial charge in [-0.15, -0.1) is 0 Å². The van der Waals surface area contributed by atoms with Gasteiger partial charge >= 0.3 is 5.69 Å². The lowest BCUT2D eigenvalue weighted by Gasteiger charge is -2.30. The Morgan fingerprint density at radius 1 is 0.833 bits per heavy atom. The summed E-state index contributed by atoms with van der Waals surface area (Å²) in [6.45, 7) is 4.00. The van der Waals surface area contributed by atoms with Crippen molar-refractivity contribution in [3.8, 4) is 22.7 Å². The van der Waals surface area contributed by atoms with E-state index in [9.17, 15) is 14.0 Å². The van der Waals surface area contributed by atoms with Crippen molar-refractivity contribution in [3.63, 3.8) is 0 Å². The highest BCUT2D eigenvalue weighted by Gasteiger charge is 2.36. The van der Waals surface area contributed by atoms with E-state index in [1.54, 1.807) is 19.2 Å². The van der Waals surface area contributed by atoms with Gasteiger partial charge in [-0.25, -0.2) is 9.18 Å². The van der Waals surface area contributed by atoms with E-state index < -0.39 is 11.8 Å². The molecule has 0 bridgehead atoms. The first-order chi connectivity index (χ1) is 17.3. The Hall–Kier alpha value is -4.39. The number of hydrogen-bond donors (Lipinski definition) is 0. The standard InChI is InChI=1S/C29H24FN3O3/c1-16-5-8-18(9-6-16)24-23-25(31(3)29(35)32(4)28(23)34)26-27(19-10-12-20(30)13-11-19)36-22-14-7-17(2)15-21(22)33(24)26/h5-15,27H,1-4H3/t27-/m0/s1. The summed E-state index contributed by atoms with van der Waals surface area (Å²) in [5, 5.41) is 0.434. The van der Waals surface area contributed by atoms with Crippen LogP contribution in [-0.2, 0) is 14.1 Å². The Bertz CT molecular complexity index is 1790. The predicted octanol–water partition coefficient (Wildman–Crippen LogP) is 4.93. The van der Waals surface area contributed by atoms with Crippen molar-refractivity contribution in [2.75, 3.05) is 0 Å². The van der Waals surface area contributed by atoms with Crippen LogP contribution in [0.15, 0.2) is 76.3 Å². The Morgan fingerprint density at radius 3 is 2.19 bits per heavy atom. The molecule has 1 aliphatic heterocycles. The Balaban J connectivity index is 1.86. The van der Waals surface area contributed by atoms with Crippen LogP contribution in [0.2, 0.25) is 0 Å². The number of rotatable bonds is 2. The fraction of sp³-hybridized carbons (Fsp3) is 0.172. The van der Waals surface area contributed by atoms with Crippen molar-refractivity contribution in [2.45, 2.75) is 20.0 Å². The zero-order valence-electron chi connectivity index (χ0n) is 20.4. The Morgan fingerprint density at radius 2 is 1.50 bits per heavy atom. The molecule has 3 aromatic carbocycles. The third kappa shape index (κ3) is 3.09. The van der Waals surface area contributed by atoms with E-state index in [2.05, 4.69) is 0 Å². The second kappa shape index (κ2) is 7.81. The van der Waals surface area contributed by atoms with Crippen LogP contribution in [-0.4, -0.2) is 13.7 Å². The van der Waals surface area contributed by atoms with Gasteiger partial charge in [0.25, 0.3) is 5.56 Å². The quantitative estimate of drug-likeness (QED) is 0.359. The van der Waals surface area contributed by atoms with Crippen LogP contribution in [0.1, 0.15) is 28.5 Å². The molecular formula is C29H24FN3O3. The first-order valence-corrected chi connectivity index (χ1v) is 11.7. The minimum atomic E-state index is -0.666. The van der Waals surface area contributed by atoms with Gasteiger partial charge in [0.15, 0.2) is 6.10 Å². The number of ether oxygens (including phenoxy) is 1. The van der Waals surface area contributed by atoms with E-state index in [-0.39, 0.29) is 11.4 Å². The lowest BCUT2D eigenvalue weighted by Crippen LogP contribution is -2.37. The number of halogens is 1. The summed E-state index contributed by atoms with van der Waals surface area (Å²) >= 11 is 0. The molecule has 6 rings (SSSR count). The van der Waals surface area contributed by atoms with Crippen LogP contribution < -0.4 is 16.0 Å². The number of benzene rings is 3. The van der Waals surface area contributed by atoms with E-state index in [0.29, 0.717) is 33.6 Å². The summed E-state index contributed by atoms with van der Waals surface area (Å²) in [5.41, 5.74) is 5.51. The first-order valence-electron chi connectivity index (χ1n) is 11.7. The van der Waals surface area contributed by atoms with Crippen LogP contribution in [0.5, 0.6) is 5.75 Å². The van der Waals surface area contributed by atoms with Crippen LogP contribution in [0, 0.1) is 19.7 Å². The summed E-state index contributed by atoms with van der Waals surface area (Å²) in [6.07, 6.45) is -0.666. The minimum Gasteiger partial charge on any atom is -0.477 e. The molecule has 3 heterocycles. The van der Waals surface area contributed by atoms with Gasteiger partial charge in [0.1, 0.15) is 11.6 Å². The average molecular weight is 482 g/mol. The molecule has 0 saturated heterocycles. The fourth-order valence-corrected chi connectivity index (χ4v) is 5.12. The smallest absolute Gasteiger partial charge is 0.331 e. The Kier molecular flexibility index (Phi) is 4.80. The molecular weight excluding hydrogens is 457 g/mol. The monoisotopic (exact) mass is 481 g/mol. The fourth-order valence-electron chi connectivity index (χ4n) is 5.12. The zero-order chi connectivity index (χ0) is 25.3. The Labute approximate surface area is 206 Å². The summed E-state index contributed by atoms with van der Waals surface area (Å²) in [7, 11) is 3.16. The van der Waals surface area contributed by atoms with Crippen LogP contribution in [0.3, 0.4) is 0 Å². The maximum Gasteiger partial charge on any atom is 0.331 e. The predicted molar refractivity (Wildman–Crippen MR) is 138 cm³/mol. The van der Waals surface area contributed by atoms with Crippen molar-refractivity contribution in [1.82, 2.24) is 13.7 Å². The molecule has 0 radical (unpaired) electrons. The van der Waals surface area contributed by atoms with E-state index in [0.717, 1.165) is 26.9 Å². The minimum absolute atomic E-state index is 0.354. The second-order valence-electron chi connectivity index (χ2n) is 9.39. The van der Waals surface area contributed by atoms with E-state index in [4.69, 9.17) is 4.74 Å². The highest BCUT2D eigenvalue weighted by Crippen LogP contribution is 2.46. The zero-order valence-corrected chi connectivity index (χ0v) is 20.4. The molecule has 0 saturated carbocycles. The van der Waals surface area contributed by atoms with Crippen LogP contribution >= 0.6 is 0 Å². The molecule has 0 unspecified atom stereocenters. The number of aromatic nitrogens is 3. The topological polar surface area (TPSA) is 58.2 Å². The molecule has 2 aromatic heterocycles. The van der Waals surface area contributed by atoms with Crippen molar-refractivity contribution in [2.24, 2.45) is 14.1 Å². The largest absolute Gasteiger partial charge is 0.477 e. The van der Waals surface area contributed by atoms with Gasteiger partial charge in [-0.2, -0.15) is 0 Å². The van der Waals surface area contributed by atoms with Crippen molar-refractivity contribution in [1.29, 1.82) is 0 Å². The molecule has 6 nitrogen and oxygen atoms in total. The van der Waals surface area contributed by atoms with Crippen molar-refractivity contribution in [3.05, 3.63) is 116 Å². The summed E-state index contributed by atoms with van der Waals surface area (Å²) in [4.78, 5) is 26.8. The van der Waals surface area contributed by atoms with Crippen molar-refractivity contribution >= 4 is 10.9 Å². The molecule has 1 aliphatic rings. The molecule has 36 heavy (non-hydrogen) atoms. The average Bonchev–Trinajstić information content (AvgIpc) is 3.23. The molecule has 0 N–H and O–H groups in total. The molecule has 7 heteroatoms. The molecule has 5 aromatic rings. The van der Waals surface area contributed by atoms with Gasteiger partial charge in [-0.3, -0.25) is 13.9 Å². The maximum atomic E-state index is 13.8. The number of hydrogen-bond acceptors (Lipinski definition) is 3. The molecule has 180 valence electrons. The van der Waals surface area contributed by atoms with Gasteiger partial charge < -0.3 is 9.30 Å². The summed E-state index contributed by atoms with van der Waals surface area (Å²) in [6, 6.07) is 20.0. The van der Waals surface area contributed by atoms with Gasteiger partial charge in [0.05, 0.1) is 28.0 Å². The highest BCUT2D eigenvalue weighted by molar-refractivity contribution is 5.98. The third-order valence-electron chi connectivity index (χ3n) is 6.95. The SMILES string of the molecule is Cc1ccc(-c2c3c(=O)n(C)c(=O)n(C)c3c3n2-c2cc(C)ccc2O[C@H]3c2ccc(F)cc2)cc1. The van der Waals surface area contributed by atoms with Gasteiger partial charge in [-0.05, 0) is 54.8 Å².